The second kappa shape index (κ2) is 6.20. The molecule has 1 aliphatic carbocycles. The van der Waals surface area contributed by atoms with Crippen LogP contribution in [0.5, 0.6) is 5.75 Å². The predicted octanol–water partition coefficient (Wildman–Crippen LogP) is 2.94. The van der Waals surface area contributed by atoms with E-state index in [-0.39, 0.29) is 5.41 Å². The molecule has 0 radical (unpaired) electrons. The summed E-state index contributed by atoms with van der Waals surface area (Å²) in [5.41, 5.74) is 7.66. The van der Waals surface area contributed by atoms with Crippen LogP contribution in [0.25, 0.3) is 0 Å². The molecule has 0 amide bonds. The van der Waals surface area contributed by atoms with Crippen LogP contribution in [0.4, 0.5) is 5.69 Å². The summed E-state index contributed by atoms with van der Waals surface area (Å²) in [7, 11) is 1.65. The molecule has 0 saturated heterocycles. The summed E-state index contributed by atoms with van der Waals surface area (Å²) in [4.78, 5) is 0.388. The normalized spacial score (nSPS) is 23.2. The molecular formula is C16H24N2O2S. The highest BCUT2D eigenvalue weighted by atomic mass is 32.1. The minimum atomic E-state index is 0.0760. The Hall–Kier alpha value is -1.33. The average molecular weight is 308 g/mol. The highest BCUT2D eigenvalue weighted by Crippen LogP contribution is 2.44. The lowest BCUT2D eigenvalue weighted by Gasteiger charge is -2.52. The zero-order chi connectivity index (χ0) is 15.6. The van der Waals surface area contributed by atoms with Crippen molar-refractivity contribution in [3.05, 3.63) is 23.8 Å². The monoisotopic (exact) mass is 308 g/mol. The number of rotatable bonds is 6. The fraction of sp³-hybridized carbons (Fsp3) is 0.562. The molecule has 0 heterocycles. The van der Waals surface area contributed by atoms with Crippen molar-refractivity contribution < 1.29 is 9.47 Å². The number of nitrogens with two attached hydrogens (primary N) is 1. The van der Waals surface area contributed by atoms with E-state index in [1.54, 1.807) is 7.11 Å². The molecule has 0 aromatic heterocycles. The third kappa shape index (κ3) is 3.14. The first-order valence-electron chi connectivity index (χ1n) is 7.26. The van der Waals surface area contributed by atoms with Gasteiger partial charge in [-0.05, 0) is 25.5 Å². The number of benzene rings is 1. The molecule has 2 unspecified atom stereocenters. The SMILES string of the molecule is CCOC1CC(Nc2cc(OC)ccc2C(N)=S)C1(C)C. The van der Waals surface area contributed by atoms with E-state index in [0.717, 1.165) is 30.0 Å². The van der Waals surface area contributed by atoms with Crippen LogP contribution in [0.1, 0.15) is 32.8 Å². The van der Waals surface area contributed by atoms with Crippen molar-refractivity contribution in [2.45, 2.75) is 39.3 Å². The first-order valence-corrected chi connectivity index (χ1v) is 7.67. The van der Waals surface area contributed by atoms with Gasteiger partial charge in [-0.25, -0.2) is 0 Å². The van der Waals surface area contributed by atoms with Crippen LogP contribution in [0.15, 0.2) is 18.2 Å². The van der Waals surface area contributed by atoms with Crippen molar-refractivity contribution in [1.29, 1.82) is 0 Å². The number of hydrogen-bond donors (Lipinski definition) is 2. The van der Waals surface area contributed by atoms with E-state index in [1.807, 2.05) is 25.1 Å². The second-order valence-corrected chi connectivity index (χ2v) is 6.41. The van der Waals surface area contributed by atoms with Gasteiger partial charge in [-0.15, -0.1) is 0 Å². The smallest absolute Gasteiger partial charge is 0.120 e. The van der Waals surface area contributed by atoms with E-state index < -0.39 is 0 Å². The van der Waals surface area contributed by atoms with Crippen LogP contribution in [-0.2, 0) is 4.74 Å². The quantitative estimate of drug-likeness (QED) is 0.791. The van der Waals surface area contributed by atoms with Crippen LogP contribution in [0.2, 0.25) is 0 Å². The molecule has 21 heavy (non-hydrogen) atoms. The second-order valence-electron chi connectivity index (χ2n) is 5.97. The molecule has 4 nitrogen and oxygen atoms in total. The summed E-state index contributed by atoms with van der Waals surface area (Å²) in [6.07, 6.45) is 1.27. The highest BCUT2D eigenvalue weighted by molar-refractivity contribution is 7.80. The topological polar surface area (TPSA) is 56.5 Å². The molecule has 1 aromatic rings. The summed E-state index contributed by atoms with van der Waals surface area (Å²) in [5.74, 6) is 0.788. The first kappa shape index (κ1) is 16.0. The van der Waals surface area contributed by atoms with Gasteiger partial charge in [0.2, 0.25) is 0 Å². The fourth-order valence-corrected chi connectivity index (χ4v) is 2.96. The van der Waals surface area contributed by atoms with Crippen LogP contribution < -0.4 is 15.8 Å². The van der Waals surface area contributed by atoms with Gasteiger partial charge in [0.25, 0.3) is 0 Å². The molecule has 0 spiro atoms. The molecule has 0 bridgehead atoms. The zero-order valence-corrected chi connectivity index (χ0v) is 13.9. The van der Waals surface area contributed by atoms with Gasteiger partial charge < -0.3 is 20.5 Å². The van der Waals surface area contributed by atoms with Crippen molar-refractivity contribution in [2.75, 3.05) is 19.0 Å². The minimum Gasteiger partial charge on any atom is -0.497 e. The molecule has 1 saturated carbocycles. The molecule has 1 aliphatic rings. The first-order chi connectivity index (χ1) is 9.90. The Morgan fingerprint density at radius 2 is 2.19 bits per heavy atom. The number of anilines is 1. The van der Waals surface area contributed by atoms with E-state index in [1.165, 1.54) is 0 Å². The largest absolute Gasteiger partial charge is 0.497 e. The Morgan fingerprint density at radius 3 is 2.71 bits per heavy atom. The summed E-state index contributed by atoms with van der Waals surface area (Å²) >= 11 is 5.13. The van der Waals surface area contributed by atoms with Crippen LogP contribution in [0, 0.1) is 5.41 Å². The van der Waals surface area contributed by atoms with Gasteiger partial charge in [0.15, 0.2) is 0 Å². The van der Waals surface area contributed by atoms with Gasteiger partial charge in [-0.1, -0.05) is 26.1 Å². The van der Waals surface area contributed by atoms with E-state index >= 15 is 0 Å². The van der Waals surface area contributed by atoms with Crippen molar-refractivity contribution in [3.8, 4) is 5.75 Å². The molecule has 1 aromatic carbocycles. The lowest BCUT2D eigenvalue weighted by molar-refractivity contribution is -0.0976. The molecular weight excluding hydrogens is 284 g/mol. The number of thiocarbonyl (C=S) groups is 1. The van der Waals surface area contributed by atoms with Gasteiger partial charge in [0.1, 0.15) is 10.7 Å². The van der Waals surface area contributed by atoms with Gasteiger partial charge in [0.05, 0.1) is 13.2 Å². The van der Waals surface area contributed by atoms with Crippen molar-refractivity contribution in [2.24, 2.45) is 11.1 Å². The maximum absolute atomic E-state index is 5.81. The molecule has 0 aliphatic heterocycles. The fourth-order valence-electron chi connectivity index (χ4n) is 2.79. The van der Waals surface area contributed by atoms with E-state index in [0.29, 0.717) is 17.1 Å². The maximum Gasteiger partial charge on any atom is 0.120 e. The van der Waals surface area contributed by atoms with Crippen molar-refractivity contribution in [1.82, 2.24) is 0 Å². The van der Waals surface area contributed by atoms with Gasteiger partial charge in [-0.3, -0.25) is 0 Å². The Balaban J connectivity index is 2.18. The summed E-state index contributed by atoms with van der Waals surface area (Å²) in [6, 6.07) is 6.04. The molecule has 1 fully saturated rings. The Bertz CT molecular complexity index is 531. The predicted molar refractivity (Wildman–Crippen MR) is 90.1 cm³/mol. The lowest BCUT2D eigenvalue weighted by Crippen LogP contribution is -2.58. The van der Waals surface area contributed by atoms with Crippen LogP contribution in [0.3, 0.4) is 0 Å². The van der Waals surface area contributed by atoms with Crippen molar-refractivity contribution in [3.63, 3.8) is 0 Å². The minimum absolute atomic E-state index is 0.0760. The Morgan fingerprint density at radius 1 is 1.48 bits per heavy atom. The molecule has 2 rings (SSSR count). The average Bonchev–Trinajstić information content (AvgIpc) is 2.45. The van der Waals surface area contributed by atoms with Crippen molar-refractivity contribution >= 4 is 22.9 Å². The number of methoxy groups -OCH3 is 1. The van der Waals surface area contributed by atoms with Crippen LogP contribution >= 0.6 is 12.2 Å². The maximum atomic E-state index is 5.81. The highest BCUT2D eigenvalue weighted by Gasteiger charge is 2.49. The zero-order valence-electron chi connectivity index (χ0n) is 13.1. The van der Waals surface area contributed by atoms with E-state index in [2.05, 4.69) is 19.2 Å². The summed E-state index contributed by atoms with van der Waals surface area (Å²) in [6.45, 7) is 7.21. The molecule has 2 atom stereocenters. The molecule has 3 N–H and O–H groups in total. The van der Waals surface area contributed by atoms with Gasteiger partial charge in [0, 0.05) is 35.4 Å². The third-order valence-electron chi connectivity index (χ3n) is 4.37. The summed E-state index contributed by atoms with van der Waals surface area (Å²) < 4.78 is 11.1. The number of hydrogen-bond acceptors (Lipinski definition) is 4. The third-order valence-corrected chi connectivity index (χ3v) is 4.59. The molecule has 5 heteroatoms. The summed E-state index contributed by atoms with van der Waals surface area (Å²) in [5, 5.41) is 3.55. The standard InChI is InChI=1S/C16H24N2O2S/c1-5-20-14-9-13(16(14,2)3)18-12-8-10(19-4)6-7-11(12)15(17)21/h6-8,13-14,18H,5,9H2,1-4H3,(H2,17,21). The number of nitrogens with one attached hydrogen (secondary N) is 1. The van der Waals surface area contributed by atoms with E-state index in [9.17, 15) is 0 Å². The van der Waals surface area contributed by atoms with Gasteiger partial charge in [-0.2, -0.15) is 0 Å². The lowest BCUT2D eigenvalue weighted by atomic mass is 9.64. The Kier molecular flexibility index (Phi) is 4.74. The van der Waals surface area contributed by atoms with Crippen LogP contribution in [-0.4, -0.2) is 30.9 Å². The molecule has 116 valence electrons. The van der Waals surface area contributed by atoms with Gasteiger partial charge >= 0.3 is 0 Å². The van der Waals surface area contributed by atoms with E-state index in [4.69, 9.17) is 27.4 Å². The number of ether oxygens (including phenoxy) is 2. The Labute approximate surface area is 132 Å².